The lowest BCUT2D eigenvalue weighted by molar-refractivity contribution is 0.102. The van der Waals surface area contributed by atoms with Gasteiger partial charge in [0.15, 0.2) is 0 Å². The van der Waals surface area contributed by atoms with Gasteiger partial charge in [0.2, 0.25) is 0 Å². The van der Waals surface area contributed by atoms with Gasteiger partial charge in [-0.05, 0) is 30.3 Å². The Balaban J connectivity index is 2.23. The largest absolute Gasteiger partial charge is 0.495 e. The summed E-state index contributed by atoms with van der Waals surface area (Å²) in [4.78, 5) is 14.7. The zero-order valence-electron chi connectivity index (χ0n) is 9.16. The molecule has 1 aromatic carbocycles. The van der Waals surface area contributed by atoms with Crippen LogP contribution in [-0.2, 0) is 0 Å². The first kappa shape index (κ1) is 11.7. The van der Waals surface area contributed by atoms with Gasteiger partial charge in [0, 0.05) is 10.7 Å². The molecule has 0 radical (unpaired) electrons. The molecule has 2 N–H and O–H groups in total. The minimum absolute atomic E-state index is 0.202. The summed E-state index contributed by atoms with van der Waals surface area (Å²) in [5.41, 5.74) is 1.13. The van der Waals surface area contributed by atoms with Crippen molar-refractivity contribution in [3.8, 4) is 5.75 Å². The molecule has 88 valence electrons. The Kier molecular flexibility index (Phi) is 3.49. The van der Waals surface area contributed by atoms with Gasteiger partial charge in [-0.15, -0.1) is 0 Å². The van der Waals surface area contributed by atoms with Gasteiger partial charge in [-0.3, -0.25) is 4.79 Å². The molecule has 2 aromatic rings. The number of aromatic nitrogens is 1. The summed E-state index contributed by atoms with van der Waals surface area (Å²) in [6, 6.07) is 8.91. The summed E-state index contributed by atoms with van der Waals surface area (Å²) < 4.78 is 6.05. The molecular weight excluding hydrogens is 284 g/mol. The predicted molar refractivity (Wildman–Crippen MR) is 69.4 cm³/mol. The maximum Gasteiger partial charge on any atom is 0.272 e. The molecule has 0 spiro atoms. The third-order valence-corrected chi connectivity index (χ3v) is 2.75. The third-order valence-electron chi connectivity index (χ3n) is 2.25. The number of nitrogens with one attached hydrogen (secondary N) is 2. The van der Waals surface area contributed by atoms with Gasteiger partial charge >= 0.3 is 0 Å². The van der Waals surface area contributed by atoms with E-state index in [0.717, 1.165) is 4.47 Å². The Morgan fingerprint density at radius 2 is 2.24 bits per heavy atom. The van der Waals surface area contributed by atoms with Crippen LogP contribution in [0.25, 0.3) is 0 Å². The summed E-state index contributed by atoms with van der Waals surface area (Å²) in [5, 5.41) is 2.78. The summed E-state index contributed by atoms with van der Waals surface area (Å²) in [7, 11) is 1.56. The number of carbonyl (C=O) groups is 1. The second-order valence-electron chi connectivity index (χ2n) is 3.38. The van der Waals surface area contributed by atoms with E-state index in [1.807, 2.05) is 6.07 Å². The molecule has 0 fully saturated rings. The number of amides is 1. The molecule has 1 amide bonds. The van der Waals surface area contributed by atoms with Crippen molar-refractivity contribution in [1.82, 2.24) is 4.98 Å². The van der Waals surface area contributed by atoms with Crippen LogP contribution in [0.2, 0.25) is 0 Å². The van der Waals surface area contributed by atoms with E-state index in [2.05, 4.69) is 26.2 Å². The SMILES string of the molecule is COc1ccc(Br)cc1NC(=O)c1ccc[nH]1. The van der Waals surface area contributed by atoms with E-state index in [1.54, 1.807) is 37.6 Å². The normalized spacial score (nSPS) is 10.0. The Morgan fingerprint density at radius 1 is 1.41 bits per heavy atom. The molecule has 4 nitrogen and oxygen atoms in total. The van der Waals surface area contributed by atoms with Gasteiger partial charge in [-0.25, -0.2) is 0 Å². The second kappa shape index (κ2) is 5.05. The molecule has 0 aliphatic heterocycles. The number of anilines is 1. The van der Waals surface area contributed by atoms with E-state index in [1.165, 1.54) is 0 Å². The molecule has 2 rings (SSSR count). The highest BCUT2D eigenvalue weighted by molar-refractivity contribution is 9.10. The molecule has 0 bridgehead atoms. The number of carbonyl (C=O) groups excluding carboxylic acids is 1. The fourth-order valence-corrected chi connectivity index (χ4v) is 1.80. The van der Waals surface area contributed by atoms with E-state index in [-0.39, 0.29) is 5.91 Å². The second-order valence-corrected chi connectivity index (χ2v) is 4.30. The average Bonchev–Trinajstić information content (AvgIpc) is 2.83. The standard InChI is InChI=1S/C12H11BrN2O2/c1-17-11-5-4-8(13)7-10(11)15-12(16)9-3-2-6-14-9/h2-7,14H,1H3,(H,15,16). The lowest BCUT2D eigenvalue weighted by atomic mass is 10.3. The van der Waals surface area contributed by atoms with Crippen LogP contribution in [0.3, 0.4) is 0 Å². The van der Waals surface area contributed by atoms with E-state index in [4.69, 9.17) is 4.74 Å². The number of H-pyrrole nitrogens is 1. The molecule has 17 heavy (non-hydrogen) atoms. The Morgan fingerprint density at radius 3 is 2.88 bits per heavy atom. The summed E-state index contributed by atoms with van der Waals surface area (Å²) in [5.74, 6) is 0.416. The van der Waals surface area contributed by atoms with Gasteiger partial charge < -0.3 is 15.0 Å². The van der Waals surface area contributed by atoms with Crippen LogP contribution in [0.1, 0.15) is 10.5 Å². The van der Waals surface area contributed by atoms with E-state index >= 15 is 0 Å². The van der Waals surface area contributed by atoms with Gasteiger partial charge in [0.1, 0.15) is 11.4 Å². The van der Waals surface area contributed by atoms with Crippen molar-refractivity contribution in [2.24, 2.45) is 0 Å². The zero-order chi connectivity index (χ0) is 12.3. The average molecular weight is 295 g/mol. The molecule has 0 atom stereocenters. The van der Waals surface area contributed by atoms with Gasteiger partial charge in [-0.2, -0.15) is 0 Å². The van der Waals surface area contributed by atoms with Crippen molar-refractivity contribution in [3.63, 3.8) is 0 Å². The summed E-state index contributed by atoms with van der Waals surface area (Å²) in [6.07, 6.45) is 1.70. The number of hydrogen-bond acceptors (Lipinski definition) is 2. The molecule has 0 aliphatic carbocycles. The van der Waals surface area contributed by atoms with Crippen LogP contribution in [0, 0.1) is 0 Å². The Hall–Kier alpha value is -1.75. The van der Waals surface area contributed by atoms with Crippen LogP contribution in [-0.4, -0.2) is 18.0 Å². The highest BCUT2D eigenvalue weighted by Gasteiger charge is 2.10. The topological polar surface area (TPSA) is 54.1 Å². The van der Waals surface area contributed by atoms with Crippen LogP contribution in [0.5, 0.6) is 5.75 Å². The number of ether oxygens (including phenoxy) is 1. The van der Waals surface area contributed by atoms with Crippen LogP contribution in [0.4, 0.5) is 5.69 Å². The van der Waals surface area contributed by atoms with Crippen molar-refractivity contribution in [2.75, 3.05) is 12.4 Å². The fourth-order valence-electron chi connectivity index (χ4n) is 1.44. The number of rotatable bonds is 3. The Labute approximate surface area is 107 Å². The number of hydrogen-bond donors (Lipinski definition) is 2. The minimum atomic E-state index is -0.202. The fraction of sp³-hybridized carbons (Fsp3) is 0.0833. The molecule has 0 aliphatic rings. The van der Waals surface area contributed by atoms with Crippen molar-refractivity contribution in [2.45, 2.75) is 0 Å². The maximum atomic E-state index is 11.8. The highest BCUT2D eigenvalue weighted by atomic mass is 79.9. The molecular formula is C12H11BrN2O2. The summed E-state index contributed by atoms with van der Waals surface area (Å²) in [6.45, 7) is 0. The van der Waals surface area contributed by atoms with Crippen LogP contribution >= 0.6 is 15.9 Å². The van der Waals surface area contributed by atoms with Gasteiger partial charge in [0.25, 0.3) is 5.91 Å². The predicted octanol–water partition coefficient (Wildman–Crippen LogP) is 3.04. The zero-order valence-corrected chi connectivity index (χ0v) is 10.7. The molecule has 1 heterocycles. The van der Waals surface area contributed by atoms with Crippen LogP contribution < -0.4 is 10.1 Å². The Bertz CT molecular complexity index is 523. The number of aromatic amines is 1. The third kappa shape index (κ3) is 2.68. The van der Waals surface area contributed by atoms with E-state index in [0.29, 0.717) is 17.1 Å². The summed E-state index contributed by atoms with van der Waals surface area (Å²) >= 11 is 3.35. The van der Waals surface area contributed by atoms with Crippen molar-refractivity contribution in [3.05, 3.63) is 46.7 Å². The first-order valence-corrected chi connectivity index (χ1v) is 5.78. The lowest BCUT2D eigenvalue weighted by Crippen LogP contribution is -2.12. The molecule has 0 unspecified atom stereocenters. The maximum absolute atomic E-state index is 11.8. The molecule has 5 heteroatoms. The lowest BCUT2D eigenvalue weighted by Gasteiger charge is -2.09. The molecule has 0 saturated carbocycles. The number of halogens is 1. The van der Waals surface area contributed by atoms with E-state index in [9.17, 15) is 4.79 Å². The first-order chi connectivity index (χ1) is 8.20. The minimum Gasteiger partial charge on any atom is -0.495 e. The monoisotopic (exact) mass is 294 g/mol. The molecule has 0 saturated heterocycles. The van der Waals surface area contributed by atoms with Crippen molar-refractivity contribution < 1.29 is 9.53 Å². The van der Waals surface area contributed by atoms with Crippen molar-refractivity contribution >= 4 is 27.5 Å². The molecule has 1 aromatic heterocycles. The first-order valence-electron chi connectivity index (χ1n) is 4.99. The van der Waals surface area contributed by atoms with Gasteiger partial charge in [0.05, 0.1) is 12.8 Å². The van der Waals surface area contributed by atoms with Gasteiger partial charge in [-0.1, -0.05) is 15.9 Å². The quantitative estimate of drug-likeness (QED) is 0.914. The van der Waals surface area contributed by atoms with Crippen molar-refractivity contribution in [1.29, 1.82) is 0 Å². The smallest absolute Gasteiger partial charge is 0.272 e. The number of benzene rings is 1. The number of methoxy groups -OCH3 is 1. The highest BCUT2D eigenvalue weighted by Crippen LogP contribution is 2.28. The van der Waals surface area contributed by atoms with Crippen LogP contribution in [0.15, 0.2) is 41.0 Å². The van der Waals surface area contributed by atoms with E-state index < -0.39 is 0 Å².